The predicted octanol–water partition coefficient (Wildman–Crippen LogP) is 3.23. The van der Waals surface area contributed by atoms with Crippen LogP contribution in [-0.2, 0) is 6.54 Å². The van der Waals surface area contributed by atoms with Crippen molar-refractivity contribution in [1.82, 2.24) is 25.0 Å². The number of piperazine rings is 1. The molecule has 0 radical (unpaired) electrons. The summed E-state index contributed by atoms with van der Waals surface area (Å²) in [6.07, 6.45) is 3.25. The number of halogens is 1. The minimum absolute atomic E-state index is 0. The lowest BCUT2D eigenvalue weighted by Crippen LogP contribution is -2.50. The molecule has 2 N–H and O–H groups in total. The van der Waals surface area contributed by atoms with Gasteiger partial charge in [0.1, 0.15) is 0 Å². The number of para-hydroxylation sites is 1. The van der Waals surface area contributed by atoms with Crippen LogP contribution >= 0.6 is 24.0 Å². The molecule has 1 fully saturated rings. The molecule has 2 aromatic rings. The smallest absolute Gasteiger partial charge is 0.191 e. The Bertz CT molecular complexity index is 766. The summed E-state index contributed by atoms with van der Waals surface area (Å²) >= 11 is 0. The van der Waals surface area contributed by atoms with Gasteiger partial charge in [0.15, 0.2) is 5.96 Å². The maximum atomic E-state index is 4.84. The van der Waals surface area contributed by atoms with E-state index in [4.69, 9.17) is 4.99 Å². The van der Waals surface area contributed by atoms with Crippen LogP contribution in [0.15, 0.2) is 41.5 Å². The van der Waals surface area contributed by atoms with Gasteiger partial charge >= 0.3 is 0 Å². The summed E-state index contributed by atoms with van der Waals surface area (Å²) in [5.74, 6) is 0.934. The van der Waals surface area contributed by atoms with E-state index in [-0.39, 0.29) is 24.0 Å². The molecule has 7 heteroatoms. The van der Waals surface area contributed by atoms with Gasteiger partial charge in [-0.25, -0.2) is 0 Å². The summed E-state index contributed by atoms with van der Waals surface area (Å²) in [7, 11) is 0. The van der Waals surface area contributed by atoms with Gasteiger partial charge in [0.2, 0.25) is 0 Å². The molecule has 1 saturated heterocycles. The Morgan fingerprint density at radius 2 is 1.83 bits per heavy atom. The Hall–Kier alpha value is -1.32. The highest BCUT2D eigenvalue weighted by atomic mass is 127. The van der Waals surface area contributed by atoms with E-state index in [9.17, 15) is 0 Å². The van der Waals surface area contributed by atoms with E-state index in [1.165, 1.54) is 24.0 Å². The number of aliphatic imine (C=N–C) groups is 1. The average molecular weight is 527 g/mol. The summed E-state index contributed by atoms with van der Waals surface area (Å²) < 4.78 is 2.33. The van der Waals surface area contributed by atoms with E-state index in [1.807, 2.05) is 0 Å². The molecule has 1 aliphatic heterocycles. The van der Waals surface area contributed by atoms with Gasteiger partial charge in [0, 0.05) is 63.6 Å². The molecule has 0 spiro atoms. The first kappa shape index (κ1) is 24.9. The van der Waals surface area contributed by atoms with Crippen LogP contribution in [0.2, 0.25) is 0 Å². The van der Waals surface area contributed by atoms with Crippen molar-refractivity contribution in [3.8, 4) is 0 Å². The average Bonchev–Trinajstić information content (AvgIpc) is 3.18. The molecule has 30 heavy (non-hydrogen) atoms. The van der Waals surface area contributed by atoms with E-state index in [0.29, 0.717) is 6.04 Å². The normalized spacial score (nSPS) is 17.0. The molecule has 0 bridgehead atoms. The second-order valence-electron chi connectivity index (χ2n) is 7.89. The number of guanidine groups is 1. The SMILES string of the molecule is CCNC(=NCC(C)N1CCN(CC)CC1)NCCCn1ccc2ccccc21.I. The molecule has 2 heterocycles. The molecule has 1 atom stereocenters. The Morgan fingerprint density at radius 3 is 2.57 bits per heavy atom. The van der Waals surface area contributed by atoms with E-state index in [1.54, 1.807) is 0 Å². The minimum atomic E-state index is 0. The number of benzene rings is 1. The summed E-state index contributed by atoms with van der Waals surface area (Å²) in [6.45, 7) is 16.1. The van der Waals surface area contributed by atoms with Crippen molar-refractivity contribution < 1.29 is 0 Å². The maximum Gasteiger partial charge on any atom is 0.191 e. The van der Waals surface area contributed by atoms with Crippen LogP contribution in [0.1, 0.15) is 27.2 Å². The number of nitrogens with one attached hydrogen (secondary N) is 2. The van der Waals surface area contributed by atoms with Gasteiger partial charge in [-0.15, -0.1) is 24.0 Å². The third-order valence-corrected chi connectivity index (χ3v) is 5.88. The van der Waals surface area contributed by atoms with Crippen LogP contribution < -0.4 is 10.6 Å². The third-order valence-electron chi connectivity index (χ3n) is 5.88. The number of aromatic nitrogens is 1. The highest BCUT2D eigenvalue weighted by molar-refractivity contribution is 14.0. The van der Waals surface area contributed by atoms with Crippen molar-refractivity contribution in [3.05, 3.63) is 36.5 Å². The molecule has 0 saturated carbocycles. The zero-order valence-corrected chi connectivity index (χ0v) is 21.1. The van der Waals surface area contributed by atoms with Crippen LogP contribution in [0.4, 0.5) is 0 Å². The van der Waals surface area contributed by atoms with E-state index < -0.39 is 0 Å². The first-order chi connectivity index (χ1) is 14.2. The van der Waals surface area contributed by atoms with Gasteiger partial charge in [-0.3, -0.25) is 9.89 Å². The molecule has 1 aliphatic rings. The molecule has 0 amide bonds. The fourth-order valence-electron chi connectivity index (χ4n) is 3.99. The van der Waals surface area contributed by atoms with E-state index in [2.05, 4.69) is 82.3 Å². The van der Waals surface area contributed by atoms with E-state index in [0.717, 1.165) is 58.2 Å². The van der Waals surface area contributed by atoms with Gasteiger partial charge in [0.25, 0.3) is 0 Å². The van der Waals surface area contributed by atoms with Gasteiger partial charge in [-0.05, 0) is 44.3 Å². The van der Waals surface area contributed by atoms with Crippen molar-refractivity contribution >= 4 is 40.8 Å². The lowest BCUT2D eigenvalue weighted by atomic mass is 10.2. The van der Waals surface area contributed by atoms with E-state index >= 15 is 0 Å². The number of fused-ring (bicyclic) bond motifs is 1. The lowest BCUT2D eigenvalue weighted by molar-refractivity contribution is 0.109. The highest BCUT2D eigenvalue weighted by Gasteiger charge is 2.19. The van der Waals surface area contributed by atoms with Crippen LogP contribution in [0.3, 0.4) is 0 Å². The fourth-order valence-corrected chi connectivity index (χ4v) is 3.99. The first-order valence-corrected chi connectivity index (χ1v) is 11.2. The zero-order chi connectivity index (χ0) is 20.5. The predicted molar refractivity (Wildman–Crippen MR) is 139 cm³/mol. The Balaban J connectivity index is 0.00000320. The number of hydrogen-bond acceptors (Lipinski definition) is 3. The molecule has 1 aromatic carbocycles. The fraction of sp³-hybridized carbons (Fsp3) is 0.609. The van der Waals surface area contributed by atoms with Crippen molar-refractivity contribution in [1.29, 1.82) is 0 Å². The van der Waals surface area contributed by atoms with Gasteiger partial charge < -0.3 is 20.1 Å². The molecule has 1 aromatic heterocycles. The van der Waals surface area contributed by atoms with Crippen molar-refractivity contribution in [2.45, 2.75) is 39.8 Å². The van der Waals surface area contributed by atoms with Gasteiger partial charge in [-0.2, -0.15) is 0 Å². The summed E-state index contributed by atoms with van der Waals surface area (Å²) in [4.78, 5) is 9.93. The van der Waals surface area contributed by atoms with Crippen LogP contribution in [0.5, 0.6) is 0 Å². The molecular weight excluding hydrogens is 487 g/mol. The summed E-state index contributed by atoms with van der Waals surface area (Å²) in [5, 5.41) is 8.20. The largest absolute Gasteiger partial charge is 0.357 e. The standard InChI is InChI=1S/C23H38N6.HI/c1-4-24-23(26-19-20(3)28-17-15-27(5-2)16-18-28)25-12-8-13-29-14-11-21-9-6-7-10-22(21)29;/h6-7,9-11,14,20H,4-5,8,12-13,15-19H2,1-3H3,(H2,24,25,26);1H. The molecule has 6 nitrogen and oxygen atoms in total. The maximum absolute atomic E-state index is 4.84. The molecule has 0 aliphatic carbocycles. The van der Waals surface area contributed by atoms with Crippen molar-refractivity contribution in [2.24, 2.45) is 4.99 Å². The lowest BCUT2D eigenvalue weighted by Gasteiger charge is -2.37. The minimum Gasteiger partial charge on any atom is -0.357 e. The summed E-state index contributed by atoms with van der Waals surface area (Å²) in [5.41, 5.74) is 1.31. The van der Waals surface area contributed by atoms with Gasteiger partial charge in [0.05, 0.1) is 6.54 Å². The number of nitrogens with zero attached hydrogens (tertiary/aromatic N) is 4. The monoisotopic (exact) mass is 526 g/mol. The van der Waals surface area contributed by atoms with Crippen LogP contribution in [0, 0.1) is 0 Å². The van der Waals surface area contributed by atoms with Gasteiger partial charge in [-0.1, -0.05) is 25.1 Å². The Labute approximate surface area is 199 Å². The molecule has 168 valence electrons. The Kier molecular flexibility index (Phi) is 11.0. The van der Waals surface area contributed by atoms with Crippen molar-refractivity contribution in [2.75, 3.05) is 52.4 Å². The molecule has 1 unspecified atom stereocenters. The summed E-state index contributed by atoms with van der Waals surface area (Å²) in [6, 6.07) is 11.2. The Morgan fingerprint density at radius 1 is 1.07 bits per heavy atom. The van der Waals surface area contributed by atoms with Crippen molar-refractivity contribution in [3.63, 3.8) is 0 Å². The first-order valence-electron chi connectivity index (χ1n) is 11.2. The second-order valence-corrected chi connectivity index (χ2v) is 7.89. The second kappa shape index (κ2) is 13.2. The quantitative estimate of drug-likeness (QED) is 0.228. The van der Waals surface area contributed by atoms with Crippen LogP contribution in [0.25, 0.3) is 10.9 Å². The zero-order valence-electron chi connectivity index (χ0n) is 18.8. The number of hydrogen-bond donors (Lipinski definition) is 2. The number of aryl methyl sites for hydroxylation is 1. The molecule has 3 rings (SSSR count). The highest BCUT2D eigenvalue weighted by Crippen LogP contribution is 2.15. The topological polar surface area (TPSA) is 47.8 Å². The number of likely N-dealkylation sites (N-methyl/N-ethyl adjacent to an activating group) is 1. The van der Waals surface area contributed by atoms with Crippen LogP contribution in [-0.4, -0.2) is 78.7 Å². The number of rotatable bonds is 9. The molecular formula is C23H39IN6. The third kappa shape index (κ3) is 7.13.